The molecule has 0 unspecified atom stereocenters. The van der Waals surface area contributed by atoms with Crippen LogP contribution in [0.15, 0.2) is 4.99 Å². The molecule has 3 heteroatoms. The van der Waals surface area contributed by atoms with Crippen LogP contribution in [0, 0.1) is 11.3 Å². The summed E-state index contributed by atoms with van der Waals surface area (Å²) in [4.78, 5) is 4.08. The molecule has 64 valence electrons. The molecule has 0 aliphatic heterocycles. The molecule has 0 fully saturated rings. The van der Waals surface area contributed by atoms with Crippen molar-refractivity contribution in [3.05, 3.63) is 0 Å². The van der Waals surface area contributed by atoms with Gasteiger partial charge in [0.25, 0.3) is 0 Å². The van der Waals surface area contributed by atoms with Crippen LogP contribution in [0.4, 0.5) is 0 Å². The number of nitrogens with zero attached hydrogens (tertiary/aromatic N) is 1. The van der Waals surface area contributed by atoms with Crippen molar-refractivity contribution in [1.82, 2.24) is 0 Å². The van der Waals surface area contributed by atoms with Crippen molar-refractivity contribution in [2.75, 3.05) is 7.05 Å². The van der Waals surface area contributed by atoms with Gasteiger partial charge in [0.15, 0.2) is 0 Å². The lowest BCUT2D eigenvalue weighted by atomic mass is 10.1. The Bertz CT molecular complexity index is 141. The Morgan fingerprint density at radius 2 is 2.27 bits per heavy atom. The summed E-state index contributed by atoms with van der Waals surface area (Å²) in [6.45, 7) is 4.39. The van der Waals surface area contributed by atoms with Gasteiger partial charge in [0.05, 0.1) is 10.6 Å². The second-order valence-electron chi connectivity index (χ2n) is 2.79. The zero-order valence-corrected chi connectivity index (χ0v) is 8.24. The van der Waals surface area contributed by atoms with Crippen molar-refractivity contribution in [2.45, 2.75) is 26.7 Å². The average Bonchev–Trinajstić information content (AvgIpc) is 1.97. The van der Waals surface area contributed by atoms with Crippen LogP contribution in [0.5, 0.6) is 0 Å². The molecule has 0 atom stereocenters. The quantitative estimate of drug-likeness (QED) is 0.513. The molecular formula is C8H16N2S. The molecule has 11 heavy (non-hydrogen) atoms. The first kappa shape index (κ1) is 10.7. The zero-order chi connectivity index (χ0) is 8.69. The molecule has 0 amide bonds. The van der Waals surface area contributed by atoms with E-state index in [1.807, 2.05) is 0 Å². The van der Waals surface area contributed by atoms with Crippen molar-refractivity contribution >= 4 is 22.4 Å². The van der Waals surface area contributed by atoms with Crippen molar-refractivity contribution in [1.29, 1.82) is 5.41 Å². The van der Waals surface area contributed by atoms with Crippen LogP contribution in [0.2, 0.25) is 0 Å². The van der Waals surface area contributed by atoms with Gasteiger partial charge >= 0.3 is 0 Å². The lowest BCUT2D eigenvalue weighted by Crippen LogP contribution is -1.96. The van der Waals surface area contributed by atoms with E-state index in [1.54, 1.807) is 7.05 Å². The summed E-state index contributed by atoms with van der Waals surface area (Å²) in [6.07, 6.45) is 2.17. The molecule has 2 nitrogen and oxygen atoms in total. The molecule has 1 N–H and O–H groups in total. The average molecular weight is 172 g/mol. The lowest BCUT2D eigenvalue weighted by Gasteiger charge is -2.03. The van der Waals surface area contributed by atoms with Crippen molar-refractivity contribution in [3.8, 4) is 0 Å². The van der Waals surface area contributed by atoms with Crippen LogP contribution in [0.1, 0.15) is 26.7 Å². The van der Waals surface area contributed by atoms with Crippen molar-refractivity contribution in [2.24, 2.45) is 10.9 Å². The maximum atomic E-state index is 6.88. The molecule has 0 rings (SSSR count). The van der Waals surface area contributed by atoms with Gasteiger partial charge in [-0.1, -0.05) is 25.6 Å². The monoisotopic (exact) mass is 172 g/mol. The van der Waals surface area contributed by atoms with Gasteiger partial charge in [-0.2, -0.15) is 0 Å². The molecule has 0 aromatic heterocycles. The van der Waals surface area contributed by atoms with E-state index >= 15 is 0 Å². The minimum Gasteiger partial charge on any atom is -0.301 e. The third kappa shape index (κ3) is 6.10. The van der Waals surface area contributed by atoms with E-state index < -0.39 is 0 Å². The van der Waals surface area contributed by atoms with Gasteiger partial charge in [0.1, 0.15) is 0 Å². The molecule has 0 saturated heterocycles. The predicted octanol–water partition coefficient (Wildman–Crippen LogP) is 2.79. The van der Waals surface area contributed by atoms with Crippen LogP contribution in [-0.2, 0) is 0 Å². The number of thioether (sulfide) groups is 1. The lowest BCUT2D eigenvalue weighted by molar-refractivity contribution is 0.605. The molecular weight excluding hydrogens is 156 g/mol. The van der Waals surface area contributed by atoms with Gasteiger partial charge in [0, 0.05) is 7.05 Å². The molecule has 0 aliphatic carbocycles. The van der Waals surface area contributed by atoms with Gasteiger partial charge < -0.3 is 5.41 Å². The minimum atomic E-state index is 0.720. The standard InChI is InChI=1S/C8H16N2S/c1-7(2)4-5-8(10-3)11-6-9/h6-7,9H,4-5H2,1-3H3/b9-6?,10-8-. The van der Waals surface area contributed by atoms with E-state index in [0.717, 1.165) is 23.8 Å². The summed E-state index contributed by atoms with van der Waals surface area (Å²) in [5.74, 6) is 0.720. The maximum Gasteiger partial charge on any atom is 0.0729 e. The Balaban J connectivity index is 3.62. The molecule has 0 aliphatic rings. The Morgan fingerprint density at radius 3 is 2.64 bits per heavy atom. The zero-order valence-electron chi connectivity index (χ0n) is 7.42. The summed E-state index contributed by atoms with van der Waals surface area (Å²) in [7, 11) is 1.78. The third-order valence-corrected chi connectivity index (χ3v) is 2.16. The highest BCUT2D eigenvalue weighted by Crippen LogP contribution is 2.10. The third-order valence-electron chi connectivity index (χ3n) is 1.38. The van der Waals surface area contributed by atoms with Gasteiger partial charge in [-0.3, -0.25) is 4.99 Å². The Kier molecular flexibility index (Phi) is 6.22. The fourth-order valence-electron chi connectivity index (χ4n) is 0.704. The second-order valence-corrected chi connectivity index (χ2v) is 3.73. The van der Waals surface area contributed by atoms with E-state index in [4.69, 9.17) is 5.41 Å². The fraction of sp³-hybridized carbons (Fsp3) is 0.750. The van der Waals surface area contributed by atoms with E-state index in [1.165, 1.54) is 17.3 Å². The van der Waals surface area contributed by atoms with Crippen LogP contribution >= 0.6 is 11.8 Å². The van der Waals surface area contributed by atoms with Gasteiger partial charge in [-0.25, -0.2) is 0 Å². The van der Waals surface area contributed by atoms with Crippen LogP contribution in [0.25, 0.3) is 0 Å². The summed E-state index contributed by atoms with van der Waals surface area (Å²) < 4.78 is 0. The summed E-state index contributed by atoms with van der Waals surface area (Å²) in [5.41, 5.74) is 1.34. The summed E-state index contributed by atoms with van der Waals surface area (Å²) in [6, 6.07) is 0. The first-order chi connectivity index (χ1) is 5.20. The fourth-order valence-corrected chi connectivity index (χ4v) is 1.18. The molecule has 0 radical (unpaired) electrons. The summed E-state index contributed by atoms with van der Waals surface area (Å²) >= 11 is 1.41. The SMILES string of the molecule is C/N=C(/CCC(C)C)SC=N. The molecule has 0 aromatic carbocycles. The molecule has 0 spiro atoms. The van der Waals surface area contributed by atoms with Crippen molar-refractivity contribution in [3.63, 3.8) is 0 Å². The van der Waals surface area contributed by atoms with E-state index in [2.05, 4.69) is 18.8 Å². The van der Waals surface area contributed by atoms with E-state index in [-0.39, 0.29) is 0 Å². The summed E-state index contributed by atoms with van der Waals surface area (Å²) in [5, 5.41) is 7.94. The second kappa shape index (κ2) is 6.40. The highest BCUT2D eigenvalue weighted by molar-refractivity contribution is 8.24. The highest BCUT2D eigenvalue weighted by Gasteiger charge is 1.99. The molecule has 0 heterocycles. The number of aliphatic imine (C=N–C) groups is 1. The van der Waals surface area contributed by atoms with Crippen LogP contribution in [-0.4, -0.2) is 17.6 Å². The molecule has 0 bridgehead atoms. The Morgan fingerprint density at radius 1 is 1.64 bits per heavy atom. The van der Waals surface area contributed by atoms with Gasteiger partial charge in [-0.05, 0) is 18.8 Å². The number of hydrogen-bond donors (Lipinski definition) is 1. The predicted molar refractivity (Wildman–Crippen MR) is 53.8 cm³/mol. The normalized spacial score (nSPS) is 12.2. The van der Waals surface area contributed by atoms with Crippen LogP contribution in [0.3, 0.4) is 0 Å². The first-order valence-electron chi connectivity index (χ1n) is 3.82. The smallest absolute Gasteiger partial charge is 0.0729 e. The van der Waals surface area contributed by atoms with Crippen molar-refractivity contribution < 1.29 is 0 Å². The van der Waals surface area contributed by atoms with E-state index in [0.29, 0.717) is 0 Å². The molecule has 0 aromatic rings. The van der Waals surface area contributed by atoms with Gasteiger partial charge in [-0.15, -0.1) is 0 Å². The number of hydrogen-bond acceptors (Lipinski definition) is 3. The van der Waals surface area contributed by atoms with E-state index in [9.17, 15) is 0 Å². The first-order valence-corrected chi connectivity index (χ1v) is 4.70. The topological polar surface area (TPSA) is 36.2 Å². The highest BCUT2D eigenvalue weighted by atomic mass is 32.2. The minimum absolute atomic E-state index is 0.720. The maximum absolute atomic E-state index is 6.88. The number of rotatable bonds is 4. The largest absolute Gasteiger partial charge is 0.301 e. The Hall–Kier alpha value is -0.310. The van der Waals surface area contributed by atoms with Gasteiger partial charge in [0.2, 0.25) is 0 Å². The number of nitrogens with one attached hydrogen (secondary N) is 1. The molecule has 0 saturated carbocycles. The van der Waals surface area contributed by atoms with Crippen LogP contribution < -0.4 is 0 Å². The Labute approximate surface area is 73.0 Å².